The van der Waals surface area contributed by atoms with E-state index in [4.69, 9.17) is 10.5 Å². The molecule has 0 saturated carbocycles. The Balaban J connectivity index is 1.75. The molecular weight excluding hydrogens is 487 g/mol. The summed E-state index contributed by atoms with van der Waals surface area (Å²) in [5.41, 5.74) is 5.50. The van der Waals surface area contributed by atoms with Crippen LogP contribution in [0.25, 0.3) is 11.0 Å². The minimum Gasteiger partial charge on any atom is -0.381 e. The lowest BCUT2D eigenvalue weighted by Gasteiger charge is -2.24. The van der Waals surface area contributed by atoms with Gasteiger partial charge in [-0.25, -0.2) is 18.2 Å². The molecule has 1 aromatic heterocycles. The second-order valence-electron chi connectivity index (χ2n) is 8.23. The van der Waals surface area contributed by atoms with Crippen LogP contribution in [0.2, 0.25) is 0 Å². The number of fused-ring (bicyclic) bond motifs is 1. The number of ether oxygens (including phenoxy) is 1. The number of benzene rings is 2. The molecule has 2 heterocycles. The number of carbonyl (C=O) groups excluding carboxylic acids is 1. The zero-order valence-corrected chi connectivity index (χ0v) is 19.6. The van der Waals surface area contributed by atoms with Gasteiger partial charge >= 0.3 is 12.2 Å². The number of rotatable bonds is 6. The Hall–Kier alpha value is -3.32. The number of hydrogen-bond donors (Lipinski definition) is 2. The first-order chi connectivity index (χ1) is 16.5. The summed E-state index contributed by atoms with van der Waals surface area (Å²) in [4.78, 5) is 14.7. The molecule has 0 spiro atoms. The molecule has 0 radical (unpaired) electrons. The number of hydrogen-bond acceptors (Lipinski definition) is 5. The lowest BCUT2D eigenvalue weighted by molar-refractivity contribution is -0.147. The van der Waals surface area contributed by atoms with Gasteiger partial charge in [0.2, 0.25) is 5.82 Å². The highest BCUT2D eigenvalue weighted by atomic mass is 32.2. The zero-order valence-electron chi connectivity index (χ0n) is 18.7. The summed E-state index contributed by atoms with van der Waals surface area (Å²) in [5.74, 6) is -1.08. The van der Waals surface area contributed by atoms with Crippen molar-refractivity contribution in [2.45, 2.75) is 30.5 Å². The van der Waals surface area contributed by atoms with Crippen LogP contribution in [0.5, 0.6) is 0 Å². The van der Waals surface area contributed by atoms with Crippen LogP contribution in [-0.4, -0.2) is 44.3 Å². The third-order valence-electron chi connectivity index (χ3n) is 5.91. The van der Waals surface area contributed by atoms with Crippen molar-refractivity contribution in [3.63, 3.8) is 0 Å². The molecule has 2 aromatic carbocycles. The van der Waals surface area contributed by atoms with Crippen LogP contribution in [0, 0.1) is 5.92 Å². The number of primary amides is 1. The van der Waals surface area contributed by atoms with Crippen LogP contribution in [0.15, 0.2) is 47.4 Å². The summed E-state index contributed by atoms with van der Waals surface area (Å²) >= 11 is 0. The Morgan fingerprint density at radius 2 is 1.86 bits per heavy atom. The number of amides is 2. The third-order valence-corrected chi connectivity index (χ3v) is 7.70. The highest BCUT2D eigenvalue weighted by Crippen LogP contribution is 2.37. The van der Waals surface area contributed by atoms with E-state index in [-0.39, 0.29) is 34.1 Å². The highest BCUT2D eigenvalue weighted by molar-refractivity contribution is 7.92. The molecule has 2 amide bonds. The normalized spacial score (nSPS) is 15.3. The molecule has 35 heavy (non-hydrogen) atoms. The van der Waals surface area contributed by atoms with Gasteiger partial charge in [-0.1, -0.05) is 6.07 Å². The van der Waals surface area contributed by atoms with Crippen molar-refractivity contribution in [2.24, 2.45) is 11.7 Å². The van der Waals surface area contributed by atoms with Gasteiger partial charge in [0.15, 0.2) is 0 Å². The number of para-hydroxylation sites is 1. The van der Waals surface area contributed by atoms with Gasteiger partial charge in [-0.05, 0) is 55.2 Å². The molecule has 188 valence electrons. The van der Waals surface area contributed by atoms with Crippen molar-refractivity contribution in [3.05, 3.63) is 48.3 Å². The first-order valence-corrected chi connectivity index (χ1v) is 12.2. The lowest BCUT2D eigenvalue weighted by atomic mass is 10.0. The second kappa shape index (κ2) is 9.38. The topological polar surface area (TPSA) is 120 Å². The Morgan fingerprint density at radius 3 is 2.46 bits per heavy atom. The predicted molar refractivity (Wildman–Crippen MR) is 124 cm³/mol. The SMILES string of the molecule is CN(c1cccc2c1nc(C(F)(F)F)n2CC1CCOCC1)S(=O)(=O)c1ccc(NC(N)=O)cc1. The molecule has 0 bridgehead atoms. The predicted octanol–water partition coefficient (Wildman–Crippen LogP) is 3.80. The molecule has 1 fully saturated rings. The fraction of sp³-hybridized carbons (Fsp3) is 0.364. The van der Waals surface area contributed by atoms with Crippen molar-refractivity contribution in [1.29, 1.82) is 0 Å². The first-order valence-electron chi connectivity index (χ1n) is 10.8. The van der Waals surface area contributed by atoms with Crippen LogP contribution in [0.1, 0.15) is 18.7 Å². The van der Waals surface area contributed by atoms with Gasteiger partial charge in [0.25, 0.3) is 10.0 Å². The van der Waals surface area contributed by atoms with Crippen LogP contribution in [0.3, 0.4) is 0 Å². The first kappa shape index (κ1) is 24.8. The molecule has 0 atom stereocenters. The van der Waals surface area contributed by atoms with E-state index in [0.29, 0.717) is 31.7 Å². The Labute approximate surface area is 199 Å². The van der Waals surface area contributed by atoms with Gasteiger partial charge in [0.1, 0.15) is 5.52 Å². The van der Waals surface area contributed by atoms with Crippen molar-refractivity contribution < 1.29 is 31.1 Å². The maximum atomic E-state index is 13.9. The van der Waals surface area contributed by atoms with Gasteiger partial charge in [-0.2, -0.15) is 13.2 Å². The van der Waals surface area contributed by atoms with Crippen molar-refractivity contribution in [3.8, 4) is 0 Å². The van der Waals surface area contributed by atoms with Gasteiger partial charge in [-0.15, -0.1) is 0 Å². The van der Waals surface area contributed by atoms with E-state index in [0.717, 1.165) is 8.87 Å². The number of aromatic nitrogens is 2. The van der Waals surface area contributed by atoms with E-state index in [1.807, 2.05) is 0 Å². The molecule has 4 rings (SSSR count). The Morgan fingerprint density at radius 1 is 1.20 bits per heavy atom. The van der Waals surface area contributed by atoms with Crippen LogP contribution >= 0.6 is 0 Å². The molecule has 0 unspecified atom stereocenters. The van der Waals surface area contributed by atoms with Gasteiger partial charge in [0.05, 0.1) is 16.1 Å². The monoisotopic (exact) mass is 511 g/mol. The fourth-order valence-corrected chi connectivity index (χ4v) is 5.32. The van der Waals surface area contributed by atoms with Gasteiger partial charge in [-0.3, -0.25) is 4.31 Å². The average molecular weight is 512 g/mol. The van der Waals surface area contributed by atoms with Crippen molar-refractivity contribution in [2.75, 3.05) is 29.9 Å². The van der Waals surface area contributed by atoms with Gasteiger partial charge < -0.3 is 20.4 Å². The maximum absolute atomic E-state index is 13.9. The minimum absolute atomic E-state index is 0.0121. The highest BCUT2D eigenvalue weighted by Gasteiger charge is 2.39. The number of nitrogens with two attached hydrogens (primary N) is 1. The number of urea groups is 1. The third kappa shape index (κ3) is 5.05. The van der Waals surface area contributed by atoms with E-state index in [9.17, 15) is 26.4 Å². The van der Waals surface area contributed by atoms with Crippen molar-refractivity contribution in [1.82, 2.24) is 9.55 Å². The van der Waals surface area contributed by atoms with Crippen LogP contribution < -0.4 is 15.4 Å². The number of alkyl halides is 3. The summed E-state index contributed by atoms with van der Waals surface area (Å²) in [6, 6.07) is 8.87. The lowest BCUT2D eigenvalue weighted by Crippen LogP contribution is -2.27. The number of sulfonamides is 1. The molecule has 3 N–H and O–H groups in total. The smallest absolute Gasteiger partial charge is 0.381 e. The minimum atomic E-state index is -4.72. The number of nitrogens with zero attached hydrogens (tertiary/aromatic N) is 3. The zero-order chi connectivity index (χ0) is 25.4. The number of nitrogens with one attached hydrogen (secondary N) is 1. The second-order valence-corrected chi connectivity index (χ2v) is 10.2. The summed E-state index contributed by atoms with van der Waals surface area (Å²) in [7, 11) is -2.90. The van der Waals surface area contributed by atoms with E-state index in [2.05, 4.69) is 10.3 Å². The quantitative estimate of drug-likeness (QED) is 0.522. The average Bonchev–Trinajstić information content (AvgIpc) is 3.18. The number of anilines is 2. The molecule has 1 aliphatic heterocycles. The maximum Gasteiger partial charge on any atom is 0.449 e. The molecule has 13 heteroatoms. The Kier molecular flexibility index (Phi) is 6.64. The summed E-state index contributed by atoms with van der Waals surface area (Å²) in [6.07, 6.45) is -3.46. The molecule has 9 nitrogen and oxygen atoms in total. The number of carbonyl (C=O) groups is 1. The summed E-state index contributed by atoms with van der Waals surface area (Å²) < 4.78 is 75.6. The van der Waals surface area contributed by atoms with E-state index >= 15 is 0 Å². The standard InChI is InChI=1S/C22H24F3N5O4S/c1-29(35(32,33)16-7-5-15(6-8-16)27-21(26)31)17-3-2-4-18-19(17)28-20(22(23,24)25)30(18)13-14-9-11-34-12-10-14/h2-8,14H,9-13H2,1H3,(H3,26,27,31). The van der Waals surface area contributed by atoms with E-state index in [1.54, 1.807) is 0 Å². The fourth-order valence-electron chi connectivity index (χ4n) is 4.11. The Bertz CT molecular complexity index is 1330. The number of imidazole rings is 1. The van der Waals surface area contributed by atoms with Gasteiger partial charge in [0, 0.05) is 32.5 Å². The van der Waals surface area contributed by atoms with E-state index < -0.39 is 28.1 Å². The summed E-state index contributed by atoms with van der Waals surface area (Å²) in [5, 5.41) is 2.33. The molecule has 1 saturated heterocycles. The largest absolute Gasteiger partial charge is 0.449 e. The molecule has 0 aliphatic carbocycles. The van der Waals surface area contributed by atoms with Crippen LogP contribution in [0.4, 0.5) is 29.3 Å². The summed E-state index contributed by atoms with van der Waals surface area (Å²) in [6.45, 7) is 1.07. The molecule has 1 aliphatic rings. The molecular formula is C22H24F3N5O4S. The van der Waals surface area contributed by atoms with E-state index in [1.165, 1.54) is 49.5 Å². The number of halogens is 3. The molecule has 3 aromatic rings. The van der Waals surface area contributed by atoms with Crippen LogP contribution in [-0.2, 0) is 27.5 Å². The van der Waals surface area contributed by atoms with Crippen molar-refractivity contribution >= 4 is 38.5 Å².